The molecule has 0 aromatic carbocycles. The molecule has 0 aliphatic carbocycles. The molecule has 1 atom stereocenters. The smallest absolute Gasteiger partial charge is 0.326 e. The Labute approximate surface area is 133 Å². The van der Waals surface area contributed by atoms with Gasteiger partial charge in [-0.1, -0.05) is 13.8 Å². The zero-order valence-electron chi connectivity index (χ0n) is 12.6. The summed E-state index contributed by atoms with van der Waals surface area (Å²) in [7, 11) is -3.23. The number of amides is 1. The molecule has 0 spiro atoms. The summed E-state index contributed by atoms with van der Waals surface area (Å²) in [6.07, 6.45) is 1.55. The Kier molecular flexibility index (Phi) is 6.51. The maximum Gasteiger partial charge on any atom is 0.326 e. The van der Waals surface area contributed by atoms with Crippen molar-refractivity contribution >= 4 is 33.2 Å². The summed E-state index contributed by atoms with van der Waals surface area (Å²) in [5.41, 5.74) is 0. The van der Waals surface area contributed by atoms with Crippen molar-refractivity contribution in [3.63, 3.8) is 0 Å². The van der Waals surface area contributed by atoms with Crippen LogP contribution in [0.25, 0.3) is 0 Å². The first kappa shape index (κ1) is 18.6. The van der Waals surface area contributed by atoms with E-state index < -0.39 is 27.9 Å². The Hall–Kier alpha value is -1.45. The molecule has 7 nitrogen and oxygen atoms in total. The molecule has 0 aliphatic rings. The normalized spacial score (nSPS) is 13.1. The van der Waals surface area contributed by atoms with Gasteiger partial charge in [-0.25, -0.2) is 17.9 Å². The Morgan fingerprint density at radius 1 is 1.32 bits per heavy atom. The van der Waals surface area contributed by atoms with Crippen molar-refractivity contribution in [2.24, 2.45) is 5.92 Å². The Bertz CT molecular complexity index is 637. The highest BCUT2D eigenvalue weighted by molar-refractivity contribution is 7.88. The molecule has 22 heavy (non-hydrogen) atoms. The van der Waals surface area contributed by atoms with Crippen LogP contribution in [0.1, 0.15) is 28.4 Å². The number of sulfonamides is 1. The van der Waals surface area contributed by atoms with E-state index in [4.69, 9.17) is 5.11 Å². The average Bonchev–Trinajstić information content (AvgIpc) is 2.82. The molecule has 1 rings (SSSR count). The van der Waals surface area contributed by atoms with E-state index in [1.807, 2.05) is 0 Å². The molecule has 9 heteroatoms. The third-order valence-corrected chi connectivity index (χ3v) is 4.71. The van der Waals surface area contributed by atoms with Crippen LogP contribution in [0.2, 0.25) is 0 Å². The van der Waals surface area contributed by atoms with Crippen molar-refractivity contribution in [1.29, 1.82) is 0 Å². The van der Waals surface area contributed by atoms with Crippen LogP contribution in [0.4, 0.5) is 0 Å². The van der Waals surface area contributed by atoms with Crippen molar-refractivity contribution in [2.45, 2.75) is 26.3 Å². The first-order valence-corrected chi connectivity index (χ1v) is 9.38. The highest BCUT2D eigenvalue weighted by Crippen LogP contribution is 2.17. The van der Waals surface area contributed by atoms with Crippen molar-refractivity contribution in [2.75, 3.05) is 12.8 Å². The van der Waals surface area contributed by atoms with Gasteiger partial charge in [-0.15, -0.1) is 11.3 Å². The van der Waals surface area contributed by atoms with Crippen LogP contribution in [0.3, 0.4) is 0 Å². The Morgan fingerprint density at radius 2 is 1.95 bits per heavy atom. The van der Waals surface area contributed by atoms with E-state index in [2.05, 4.69) is 10.0 Å². The fraction of sp³-hybridized carbons (Fsp3) is 0.538. The van der Waals surface area contributed by atoms with Crippen molar-refractivity contribution < 1.29 is 23.1 Å². The van der Waals surface area contributed by atoms with Gasteiger partial charge in [0.15, 0.2) is 0 Å². The van der Waals surface area contributed by atoms with Gasteiger partial charge in [-0.3, -0.25) is 4.79 Å². The lowest BCUT2D eigenvalue weighted by Gasteiger charge is -2.17. The quantitative estimate of drug-likeness (QED) is 0.639. The van der Waals surface area contributed by atoms with Gasteiger partial charge in [0.25, 0.3) is 5.91 Å². The molecular weight excluding hydrogens is 328 g/mol. The van der Waals surface area contributed by atoms with Crippen molar-refractivity contribution in [1.82, 2.24) is 10.0 Å². The molecule has 3 N–H and O–H groups in total. The summed E-state index contributed by atoms with van der Waals surface area (Å²) in [5, 5.41) is 11.5. The largest absolute Gasteiger partial charge is 0.480 e. The van der Waals surface area contributed by atoms with Crippen LogP contribution in [0.15, 0.2) is 12.1 Å². The van der Waals surface area contributed by atoms with E-state index in [0.29, 0.717) is 11.3 Å². The van der Waals surface area contributed by atoms with Gasteiger partial charge in [0.05, 0.1) is 11.1 Å². The molecule has 0 unspecified atom stereocenters. The molecule has 124 valence electrons. The fourth-order valence-corrected chi connectivity index (χ4v) is 3.10. The lowest BCUT2D eigenvalue weighted by molar-refractivity contribution is -0.140. The third-order valence-electron chi connectivity index (χ3n) is 2.84. The molecule has 1 aromatic rings. The number of carboxylic acid groups (broad SMARTS) is 1. The van der Waals surface area contributed by atoms with E-state index in [9.17, 15) is 18.0 Å². The third kappa shape index (κ3) is 6.12. The molecular formula is C13H20N2O5S2. The van der Waals surface area contributed by atoms with Crippen LogP contribution >= 0.6 is 11.3 Å². The minimum Gasteiger partial charge on any atom is -0.480 e. The van der Waals surface area contributed by atoms with Gasteiger partial charge in [0, 0.05) is 11.4 Å². The predicted octanol–water partition coefficient (Wildman–Crippen LogP) is 0.679. The first-order chi connectivity index (χ1) is 10.1. The van der Waals surface area contributed by atoms with Crippen LogP contribution in [-0.4, -0.2) is 44.2 Å². The van der Waals surface area contributed by atoms with Gasteiger partial charge in [-0.05, 0) is 24.5 Å². The van der Waals surface area contributed by atoms with Crippen LogP contribution < -0.4 is 10.0 Å². The summed E-state index contributed by atoms with van der Waals surface area (Å²) in [6, 6.07) is 2.40. The van der Waals surface area contributed by atoms with Gasteiger partial charge < -0.3 is 10.4 Å². The summed E-state index contributed by atoms with van der Waals surface area (Å²) in [4.78, 5) is 24.4. The predicted molar refractivity (Wildman–Crippen MR) is 84.6 cm³/mol. The van der Waals surface area contributed by atoms with Gasteiger partial charge in [0.2, 0.25) is 10.0 Å². The van der Waals surface area contributed by atoms with Crippen LogP contribution in [0.5, 0.6) is 0 Å². The van der Waals surface area contributed by atoms with E-state index in [1.165, 1.54) is 11.3 Å². The van der Waals surface area contributed by atoms with Crippen molar-refractivity contribution in [3.05, 3.63) is 21.9 Å². The van der Waals surface area contributed by atoms with E-state index >= 15 is 0 Å². The van der Waals surface area contributed by atoms with Gasteiger partial charge >= 0.3 is 5.97 Å². The molecule has 0 radical (unpaired) electrons. The summed E-state index contributed by atoms with van der Waals surface area (Å²) >= 11 is 1.22. The second-order valence-electron chi connectivity index (χ2n) is 5.22. The number of rotatable bonds is 8. The molecule has 1 amide bonds. The summed E-state index contributed by atoms with van der Waals surface area (Å²) in [5.74, 6) is -1.73. The number of hydrogen-bond donors (Lipinski definition) is 3. The van der Waals surface area contributed by atoms with Crippen molar-refractivity contribution in [3.8, 4) is 0 Å². The number of aliphatic carboxylic acids is 1. The maximum atomic E-state index is 12.0. The van der Waals surface area contributed by atoms with Gasteiger partial charge in [-0.2, -0.15) is 0 Å². The standard InChI is InChI=1S/C13H20N2O5S2/c1-8(2)11(13(17)18)15-12(16)10-5-4-9(21-10)6-7-14-22(3,19)20/h4-5,8,11,14H,6-7H2,1-3H3,(H,15,16)(H,17,18)/t11-/m0/s1. The zero-order valence-corrected chi connectivity index (χ0v) is 14.3. The van der Waals surface area contributed by atoms with Crippen LogP contribution in [0, 0.1) is 5.92 Å². The fourth-order valence-electron chi connectivity index (χ4n) is 1.72. The molecule has 1 heterocycles. The number of carboxylic acids is 1. The number of hydrogen-bond acceptors (Lipinski definition) is 5. The lowest BCUT2D eigenvalue weighted by atomic mass is 10.0. The zero-order chi connectivity index (χ0) is 16.9. The van der Waals surface area contributed by atoms with E-state index in [0.717, 1.165) is 11.1 Å². The number of carbonyl (C=O) groups is 2. The number of nitrogens with one attached hydrogen (secondary N) is 2. The first-order valence-electron chi connectivity index (χ1n) is 6.67. The average molecular weight is 348 g/mol. The SMILES string of the molecule is CC(C)[C@H](NC(=O)c1ccc(CCNS(C)(=O)=O)s1)C(=O)O. The molecule has 1 aromatic heterocycles. The molecule has 0 saturated carbocycles. The van der Waals surface area contributed by atoms with E-state index in [1.54, 1.807) is 26.0 Å². The highest BCUT2D eigenvalue weighted by Gasteiger charge is 2.24. The van der Waals surface area contributed by atoms with E-state index in [-0.39, 0.29) is 12.5 Å². The second kappa shape index (κ2) is 7.70. The summed E-state index contributed by atoms with van der Waals surface area (Å²) in [6.45, 7) is 3.69. The molecule has 0 aliphatic heterocycles. The second-order valence-corrected chi connectivity index (χ2v) is 8.22. The molecule has 0 saturated heterocycles. The monoisotopic (exact) mass is 348 g/mol. The minimum absolute atomic E-state index is 0.222. The van der Waals surface area contributed by atoms with Gasteiger partial charge in [0.1, 0.15) is 6.04 Å². The number of carbonyl (C=O) groups excluding carboxylic acids is 1. The molecule has 0 fully saturated rings. The topological polar surface area (TPSA) is 113 Å². The Morgan fingerprint density at radius 3 is 2.45 bits per heavy atom. The number of thiophene rings is 1. The minimum atomic E-state index is -3.23. The maximum absolute atomic E-state index is 12.0. The molecule has 0 bridgehead atoms. The highest BCUT2D eigenvalue weighted by atomic mass is 32.2. The Balaban J connectivity index is 2.63. The lowest BCUT2D eigenvalue weighted by Crippen LogP contribution is -2.44. The summed E-state index contributed by atoms with van der Waals surface area (Å²) < 4.78 is 24.3. The van der Waals surface area contributed by atoms with Crippen LogP contribution in [-0.2, 0) is 21.2 Å².